The molecule has 0 bridgehead atoms. The van der Waals surface area contributed by atoms with Crippen LogP contribution in [0.4, 0.5) is 26.2 Å². The lowest BCUT2D eigenvalue weighted by Crippen LogP contribution is -2.07. The topological polar surface area (TPSA) is 62.7 Å². The van der Waals surface area contributed by atoms with Gasteiger partial charge in [0.25, 0.3) is 0 Å². The first kappa shape index (κ1) is 14.1. The molecule has 2 aromatic rings. The van der Waals surface area contributed by atoms with Crippen molar-refractivity contribution in [2.75, 3.05) is 17.2 Å². The fourth-order valence-electron chi connectivity index (χ4n) is 1.56. The third kappa shape index (κ3) is 3.59. The second-order valence-electron chi connectivity index (χ2n) is 4.17. The van der Waals surface area contributed by atoms with Gasteiger partial charge in [0.1, 0.15) is 17.3 Å². The smallest absolute Gasteiger partial charge is 0.249 e. The van der Waals surface area contributed by atoms with Gasteiger partial charge in [0.05, 0.1) is 6.20 Å². The third-order valence-electron chi connectivity index (χ3n) is 2.59. The first-order chi connectivity index (χ1) is 9.70. The van der Waals surface area contributed by atoms with Gasteiger partial charge in [0.15, 0.2) is 5.82 Å². The third-order valence-corrected chi connectivity index (χ3v) is 2.59. The van der Waals surface area contributed by atoms with Crippen LogP contribution in [0, 0.1) is 11.6 Å². The van der Waals surface area contributed by atoms with Crippen molar-refractivity contribution in [1.82, 2.24) is 15.2 Å². The highest BCUT2D eigenvalue weighted by Gasteiger charge is 2.10. The summed E-state index contributed by atoms with van der Waals surface area (Å²) in [4.78, 5) is 4.09. The average Bonchev–Trinajstić information content (AvgIpc) is 2.44. The Morgan fingerprint density at radius 2 is 1.95 bits per heavy atom. The van der Waals surface area contributed by atoms with Gasteiger partial charge >= 0.3 is 0 Å². The van der Waals surface area contributed by atoms with E-state index in [1.54, 1.807) is 0 Å². The van der Waals surface area contributed by atoms with Crippen molar-refractivity contribution in [2.45, 2.75) is 19.8 Å². The van der Waals surface area contributed by atoms with Crippen molar-refractivity contribution in [3.8, 4) is 0 Å². The van der Waals surface area contributed by atoms with Crippen LogP contribution in [-0.2, 0) is 0 Å². The maximum atomic E-state index is 13.5. The normalized spacial score (nSPS) is 10.3. The maximum Gasteiger partial charge on any atom is 0.249 e. The molecule has 2 rings (SSSR count). The van der Waals surface area contributed by atoms with Gasteiger partial charge in [0, 0.05) is 6.54 Å². The summed E-state index contributed by atoms with van der Waals surface area (Å²) in [5, 5.41) is 13.0. The zero-order chi connectivity index (χ0) is 14.4. The molecule has 0 saturated carbocycles. The second kappa shape index (κ2) is 6.74. The molecule has 0 unspecified atom stereocenters. The molecule has 0 fully saturated rings. The summed E-state index contributed by atoms with van der Waals surface area (Å²) < 4.78 is 27.0. The summed E-state index contributed by atoms with van der Waals surface area (Å²) in [6.07, 6.45) is 3.50. The zero-order valence-electron chi connectivity index (χ0n) is 11.0. The molecule has 0 aliphatic rings. The van der Waals surface area contributed by atoms with Gasteiger partial charge in [-0.1, -0.05) is 19.4 Å². The predicted molar refractivity (Wildman–Crippen MR) is 72.9 cm³/mol. The number of benzene rings is 1. The van der Waals surface area contributed by atoms with Crippen LogP contribution in [0.3, 0.4) is 0 Å². The molecular formula is C13H15F2N5. The summed E-state index contributed by atoms with van der Waals surface area (Å²) in [5.41, 5.74) is -0.292. The number of nitrogens with one attached hydrogen (secondary N) is 2. The number of para-hydroxylation sites is 1. The minimum atomic E-state index is -0.710. The standard InChI is InChI=1S/C13H15F2N5/c1-2-3-7-16-11-8-17-20-13(18-11)19-12-9(14)5-4-6-10(12)15/h4-6,8H,2-3,7H2,1H3,(H2,16,18,19,20). The van der Waals surface area contributed by atoms with Crippen LogP contribution in [0.15, 0.2) is 24.4 Å². The van der Waals surface area contributed by atoms with Crippen molar-refractivity contribution >= 4 is 17.5 Å². The molecule has 0 radical (unpaired) electrons. The highest BCUT2D eigenvalue weighted by molar-refractivity contribution is 5.55. The van der Waals surface area contributed by atoms with Crippen LogP contribution in [0.1, 0.15) is 19.8 Å². The van der Waals surface area contributed by atoms with E-state index in [2.05, 4.69) is 32.7 Å². The van der Waals surface area contributed by atoms with E-state index in [0.717, 1.165) is 31.5 Å². The lowest BCUT2D eigenvalue weighted by molar-refractivity contribution is 0.590. The molecule has 106 valence electrons. The van der Waals surface area contributed by atoms with Crippen LogP contribution in [-0.4, -0.2) is 21.7 Å². The number of hydrogen-bond acceptors (Lipinski definition) is 5. The van der Waals surface area contributed by atoms with E-state index < -0.39 is 11.6 Å². The van der Waals surface area contributed by atoms with Gasteiger partial charge in [0.2, 0.25) is 5.95 Å². The van der Waals surface area contributed by atoms with Crippen LogP contribution < -0.4 is 10.6 Å². The number of aromatic nitrogens is 3. The Labute approximate surface area is 115 Å². The first-order valence-corrected chi connectivity index (χ1v) is 6.35. The fourth-order valence-corrected chi connectivity index (χ4v) is 1.56. The Morgan fingerprint density at radius 3 is 2.65 bits per heavy atom. The van der Waals surface area contributed by atoms with E-state index in [0.29, 0.717) is 5.82 Å². The van der Waals surface area contributed by atoms with Gasteiger partial charge in [-0.15, -0.1) is 5.10 Å². The molecule has 0 spiro atoms. The molecule has 0 atom stereocenters. The predicted octanol–water partition coefficient (Wildman–Crippen LogP) is 3.11. The van der Waals surface area contributed by atoms with Crippen LogP contribution in [0.5, 0.6) is 0 Å². The summed E-state index contributed by atoms with van der Waals surface area (Å²) in [6.45, 7) is 2.83. The number of anilines is 3. The minimum Gasteiger partial charge on any atom is -0.369 e. The lowest BCUT2D eigenvalue weighted by Gasteiger charge is -2.08. The van der Waals surface area contributed by atoms with Gasteiger partial charge in [-0.25, -0.2) is 8.78 Å². The monoisotopic (exact) mass is 279 g/mol. The summed E-state index contributed by atoms with van der Waals surface area (Å²) >= 11 is 0. The number of unbranched alkanes of at least 4 members (excludes halogenated alkanes) is 1. The van der Waals surface area contributed by atoms with E-state index in [1.165, 1.54) is 12.3 Å². The fraction of sp³-hybridized carbons (Fsp3) is 0.308. The molecular weight excluding hydrogens is 264 g/mol. The molecule has 1 heterocycles. The van der Waals surface area contributed by atoms with Gasteiger partial charge in [-0.3, -0.25) is 0 Å². The van der Waals surface area contributed by atoms with Crippen molar-refractivity contribution in [3.05, 3.63) is 36.0 Å². The van der Waals surface area contributed by atoms with Crippen molar-refractivity contribution in [3.63, 3.8) is 0 Å². The molecule has 7 heteroatoms. The van der Waals surface area contributed by atoms with Gasteiger partial charge in [-0.05, 0) is 18.6 Å². The zero-order valence-corrected chi connectivity index (χ0v) is 11.0. The lowest BCUT2D eigenvalue weighted by atomic mass is 10.3. The van der Waals surface area contributed by atoms with E-state index in [-0.39, 0.29) is 11.6 Å². The average molecular weight is 279 g/mol. The summed E-state index contributed by atoms with van der Waals surface area (Å²) in [5.74, 6) is -0.876. The second-order valence-corrected chi connectivity index (χ2v) is 4.17. The highest BCUT2D eigenvalue weighted by Crippen LogP contribution is 2.21. The van der Waals surface area contributed by atoms with E-state index >= 15 is 0 Å². The first-order valence-electron chi connectivity index (χ1n) is 6.35. The Kier molecular flexibility index (Phi) is 4.75. The molecule has 2 N–H and O–H groups in total. The van der Waals surface area contributed by atoms with Gasteiger partial charge in [-0.2, -0.15) is 10.1 Å². The molecule has 20 heavy (non-hydrogen) atoms. The Bertz CT molecular complexity index is 556. The summed E-state index contributed by atoms with van der Waals surface area (Å²) in [7, 11) is 0. The quantitative estimate of drug-likeness (QED) is 0.795. The Balaban J connectivity index is 2.11. The molecule has 1 aromatic heterocycles. The van der Waals surface area contributed by atoms with Crippen LogP contribution in [0.25, 0.3) is 0 Å². The molecule has 0 amide bonds. The number of hydrogen-bond donors (Lipinski definition) is 2. The molecule has 0 aliphatic carbocycles. The largest absolute Gasteiger partial charge is 0.369 e. The Morgan fingerprint density at radius 1 is 1.20 bits per heavy atom. The molecule has 0 aliphatic heterocycles. The minimum absolute atomic E-state index is 0.0375. The van der Waals surface area contributed by atoms with E-state index in [1.807, 2.05) is 0 Å². The molecule has 0 saturated heterocycles. The van der Waals surface area contributed by atoms with Crippen LogP contribution in [0.2, 0.25) is 0 Å². The number of rotatable bonds is 6. The Hall–Kier alpha value is -2.31. The summed E-state index contributed by atoms with van der Waals surface area (Å²) in [6, 6.07) is 3.60. The maximum absolute atomic E-state index is 13.5. The van der Waals surface area contributed by atoms with Gasteiger partial charge < -0.3 is 10.6 Å². The van der Waals surface area contributed by atoms with Crippen molar-refractivity contribution in [1.29, 1.82) is 0 Å². The van der Waals surface area contributed by atoms with E-state index in [9.17, 15) is 8.78 Å². The number of halogens is 2. The van der Waals surface area contributed by atoms with Crippen LogP contribution >= 0.6 is 0 Å². The SMILES string of the molecule is CCCCNc1cnnc(Nc2c(F)cccc2F)n1. The van der Waals surface area contributed by atoms with Crippen molar-refractivity contribution < 1.29 is 8.78 Å². The molecule has 1 aromatic carbocycles. The molecule has 5 nitrogen and oxygen atoms in total. The highest BCUT2D eigenvalue weighted by atomic mass is 19.1. The van der Waals surface area contributed by atoms with E-state index in [4.69, 9.17) is 0 Å². The van der Waals surface area contributed by atoms with Crippen molar-refractivity contribution in [2.24, 2.45) is 0 Å². The number of nitrogens with zero attached hydrogens (tertiary/aromatic N) is 3.